The first-order valence-electron chi connectivity index (χ1n) is 8.56. The molecule has 2 fully saturated rings. The first-order valence-corrected chi connectivity index (χ1v) is 8.56. The molecule has 1 aliphatic heterocycles. The molecule has 1 heterocycles. The van der Waals surface area contributed by atoms with E-state index in [1.807, 2.05) is 25.7 Å². The Balaban J connectivity index is 1.51. The second-order valence-corrected chi connectivity index (χ2v) is 7.98. The third-order valence-electron chi connectivity index (χ3n) is 4.94. The summed E-state index contributed by atoms with van der Waals surface area (Å²) in [6.45, 7) is 11.8. The molecule has 4 heteroatoms. The Kier molecular flexibility index (Phi) is 4.13. The maximum Gasteiger partial charge on any atom is 0.410 e. The monoisotopic (exact) mass is 316 g/mol. The number of hydrogen-bond donors (Lipinski definition) is 1. The molecule has 126 valence electrons. The number of nitrogens with one attached hydrogen (secondary N) is 1. The zero-order valence-corrected chi connectivity index (χ0v) is 14.8. The lowest BCUT2D eigenvalue weighted by molar-refractivity contribution is 0.0269. The highest BCUT2D eigenvalue weighted by Gasteiger charge is 2.57. The SMILES string of the molecule is Cc1ccccc1C(C)NC1C2CN(C(=O)OC(C)(C)C)CC21. The summed E-state index contributed by atoms with van der Waals surface area (Å²) in [6.07, 6.45) is -0.171. The van der Waals surface area contributed by atoms with Crippen molar-refractivity contribution < 1.29 is 9.53 Å². The van der Waals surface area contributed by atoms with Crippen LogP contribution < -0.4 is 5.32 Å². The fourth-order valence-electron chi connectivity index (χ4n) is 3.70. The summed E-state index contributed by atoms with van der Waals surface area (Å²) in [4.78, 5) is 14.0. The average molecular weight is 316 g/mol. The van der Waals surface area contributed by atoms with Gasteiger partial charge in [0.25, 0.3) is 0 Å². The summed E-state index contributed by atoms with van der Waals surface area (Å²) >= 11 is 0. The normalized spacial score (nSPS) is 27.5. The van der Waals surface area contributed by atoms with Gasteiger partial charge < -0.3 is 15.0 Å². The van der Waals surface area contributed by atoms with Crippen molar-refractivity contribution in [2.75, 3.05) is 13.1 Å². The van der Waals surface area contributed by atoms with Gasteiger partial charge in [0, 0.05) is 25.2 Å². The summed E-state index contributed by atoms with van der Waals surface area (Å²) in [5, 5.41) is 3.74. The van der Waals surface area contributed by atoms with Crippen LogP contribution in [0.25, 0.3) is 0 Å². The van der Waals surface area contributed by atoms with Crippen LogP contribution in [0, 0.1) is 18.8 Å². The lowest BCUT2D eigenvalue weighted by atomic mass is 10.0. The summed E-state index contributed by atoms with van der Waals surface area (Å²) in [5.74, 6) is 1.16. The summed E-state index contributed by atoms with van der Waals surface area (Å²) in [7, 11) is 0. The van der Waals surface area contributed by atoms with E-state index >= 15 is 0 Å². The van der Waals surface area contributed by atoms with E-state index in [-0.39, 0.29) is 6.09 Å². The molecule has 0 radical (unpaired) electrons. The van der Waals surface area contributed by atoms with E-state index in [1.165, 1.54) is 11.1 Å². The Labute approximate surface area is 139 Å². The van der Waals surface area contributed by atoms with E-state index in [9.17, 15) is 4.79 Å². The number of hydrogen-bond acceptors (Lipinski definition) is 3. The maximum absolute atomic E-state index is 12.1. The van der Waals surface area contributed by atoms with Crippen LogP contribution in [-0.4, -0.2) is 35.7 Å². The molecule has 1 aromatic carbocycles. The number of rotatable bonds is 3. The molecular formula is C19H28N2O2. The largest absolute Gasteiger partial charge is 0.444 e. The maximum atomic E-state index is 12.1. The first-order chi connectivity index (χ1) is 10.8. The Morgan fingerprint density at radius 1 is 1.26 bits per heavy atom. The van der Waals surface area contributed by atoms with E-state index < -0.39 is 5.60 Å². The van der Waals surface area contributed by atoms with Crippen LogP contribution >= 0.6 is 0 Å². The van der Waals surface area contributed by atoms with Crippen molar-refractivity contribution in [2.45, 2.75) is 52.3 Å². The lowest BCUT2D eigenvalue weighted by Crippen LogP contribution is -2.39. The number of carbonyl (C=O) groups excluding carboxylic acids is 1. The van der Waals surface area contributed by atoms with Crippen LogP contribution in [0.5, 0.6) is 0 Å². The van der Waals surface area contributed by atoms with E-state index in [0.717, 1.165) is 13.1 Å². The van der Waals surface area contributed by atoms with Gasteiger partial charge in [0.05, 0.1) is 0 Å². The lowest BCUT2D eigenvalue weighted by Gasteiger charge is -2.26. The van der Waals surface area contributed by atoms with Crippen molar-refractivity contribution in [3.63, 3.8) is 0 Å². The molecule has 0 aromatic heterocycles. The van der Waals surface area contributed by atoms with Gasteiger partial charge in [-0.1, -0.05) is 24.3 Å². The molecule has 2 aliphatic rings. The molecule has 1 aromatic rings. The second kappa shape index (κ2) is 5.82. The van der Waals surface area contributed by atoms with Gasteiger partial charge in [0.2, 0.25) is 0 Å². The number of ether oxygens (including phenoxy) is 1. The van der Waals surface area contributed by atoms with Gasteiger partial charge in [-0.25, -0.2) is 4.79 Å². The zero-order valence-electron chi connectivity index (χ0n) is 14.8. The van der Waals surface area contributed by atoms with Crippen LogP contribution in [0.4, 0.5) is 4.79 Å². The Morgan fingerprint density at radius 2 is 1.87 bits per heavy atom. The van der Waals surface area contributed by atoms with Gasteiger partial charge in [-0.2, -0.15) is 0 Å². The highest BCUT2D eigenvalue weighted by atomic mass is 16.6. The fraction of sp³-hybridized carbons (Fsp3) is 0.632. The number of likely N-dealkylation sites (tertiary alicyclic amines) is 1. The van der Waals surface area contributed by atoms with E-state index in [1.54, 1.807) is 0 Å². The van der Waals surface area contributed by atoms with E-state index in [4.69, 9.17) is 4.74 Å². The zero-order chi connectivity index (χ0) is 16.8. The number of benzene rings is 1. The van der Waals surface area contributed by atoms with Crippen molar-refractivity contribution in [2.24, 2.45) is 11.8 Å². The summed E-state index contributed by atoms with van der Waals surface area (Å²) in [6, 6.07) is 9.41. The number of amides is 1. The second-order valence-electron chi connectivity index (χ2n) is 7.98. The highest BCUT2D eigenvalue weighted by Crippen LogP contribution is 2.46. The van der Waals surface area contributed by atoms with Crippen LogP contribution in [0.1, 0.15) is 44.9 Å². The highest BCUT2D eigenvalue weighted by molar-refractivity contribution is 5.69. The van der Waals surface area contributed by atoms with Crippen molar-refractivity contribution >= 4 is 6.09 Å². The van der Waals surface area contributed by atoms with Crippen molar-refractivity contribution in [3.8, 4) is 0 Å². The molecule has 4 nitrogen and oxygen atoms in total. The minimum atomic E-state index is -0.416. The fourth-order valence-corrected chi connectivity index (χ4v) is 3.70. The number of aryl methyl sites for hydroxylation is 1. The third-order valence-corrected chi connectivity index (χ3v) is 4.94. The minimum absolute atomic E-state index is 0.171. The predicted molar refractivity (Wildman–Crippen MR) is 91.3 cm³/mol. The molecule has 23 heavy (non-hydrogen) atoms. The predicted octanol–water partition coefficient (Wildman–Crippen LogP) is 3.51. The van der Waals surface area contributed by atoms with Crippen LogP contribution in [-0.2, 0) is 4.74 Å². The molecule has 3 rings (SSSR count). The molecule has 3 atom stereocenters. The van der Waals surface area contributed by atoms with E-state index in [2.05, 4.69) is 43.4 Å². The molecule has 3 unspecified atom stereocenters. The van der Waals surface area contributed by atoms with Gasteiger partial charge in [-0.3, -0.25) is 0 Å². The van der Waals surface area contributed by atoms with Gasteiger partial charge >= 0.3 is 6.09 Å². The Bertz CT molecular complexity index is 581. The molecule has 1 saturated carbocycles. The van der Waals surface area contributed by atoms with Gasteiger partial charge in [-0.15, -0.1) is 0 Å². The number of carbonyl (C=O) groups is 1. The van der Waals surface area contributed by atoms with Crippen molar-refractivity contribution in [1.29, 1.82) is 0 Å². The standard InChI is InChI=1S/C19H28N2O2/c1-12-8-6-7-9-14(12)13(2)20-17-15-10-21(11-16(15)17)18(22)23-19(3,4)5/h6-9,13,15-17,20H,10-11H2,1-5H3. The van der Waals surface area contributed by atoms with Crippen LogP contribution in [0.3, 0.4) is 0 Å². The molecule has 0 bridgehead atoms. The topological polar surface area (TPSA) is 41.6 Å². The minimum Gasteiger partial charge on any atom is -0.444 e. The molecule has 1 saturated heterocycles. The summed E-state index contributed by atoms with van der Waals surface area (Å²) < 4.78 is 5.46. The molecule has 0 spiro atoms. The number of nitrogens with zero attached hydrogens (tertiary/aromatic N) is 1. The Hall–Kier alpha value is -1.55. The quantitative estimate of drug-likeness (QED) is 0.928. The number of fused-ring (bicyclic) bond motifs is 1. The van der Waals surface area contributed by atoms with Crippen molar-refractivity contribution in [3.05, 3.63) is 35.4 Å². The van der Waals surface area contributed by atoms with Crippen LogP contribution in [0.2, 0.25) is 0 Å². The van der Waals surface area contributed by atoms with Crippen LogP contribution in [0.15, 0.2) is 24.3 Å². The number of piperidine rings is 1. The van der Waals surface area contributed by atoms with Gasteiger partial charge in [0.15, 0.2) is 0 Å². The molecule has 1 N–H and O–H groups in total. The molecule has 1 aliphatic carbocycles. The molecular weight excluding hydrogens is 288 g/mol. The van der Waals surface area contributed by atoms with Crippen molar-refractivity contribution in [1.82, 2.24) is 10.2 Å². The summed E-state index contributed by atoms with van der Waals surface area (Å²) in [5.41, 5.74) is 2.27. The molecule has 1 amide bonds. The third kappa shape index (κ3) is 3.52. The Morgan fingerprint density at radius 3 is 2.43 bits per heavy atom. The van der Waals surface area contributed by atoms with E-state index in [0.29, 0.717) is 23.9 Å². The average Bonchev–Trinajstić information content (AvgIpc) is 2.90. The van der Waals surface area contributed by atoms with Gasteiger partial charge in [0.1, 0.15) is 5.60 Å². The van der Waals surface area contributed by atoms with Gasteiger partial charge in [-0.05, 0) is 57.6 Å². The smallest absolute Gasteiger partial charge is 0.410 e. The first kappa shape index (κ1) is 16.3.